The van der Waals surface area contributed by atoms with Gasteiger partial charge in [0.1, 0.15) is 29.8 Å². The van der Waals surface area contributed by atoms with Crippen LogP contribution in [0.3, 0.4) is 0 Å². The summed E-state index contributed by atoms with van der Waals surface area (Å²) < 4.78 is 7.30. The molecule has 0 aliphatic heterocycles. The minimum absolute atomic E-state index is 0.165. The summed E-state index contributed by atoms with van der Waals surface area (Å²) in [6.45, 7) is 2.98. The van der Waals surface area contributed by atoms with Crippen LogP contribution in [0.25, 0.3) is 0 Å². The zero-order valence-electron chi connectivity index (χ0n) is 11.9. The molecule has 0 atom stereocenters. The minimum atomic E-state index is 0.165. The van der Waals surface area contributed by atoms with E-state index in [1.54, 1.807) is 16.0 Å². The first-order valence-electron chi connectivity index (χ1n) is 6.65. The van der Waals surface area contributed by atoms with Crippen molar-refractivity contribution in [3.05, 3.63) is 58.1 Å². The Kier molecular flexibility index (Phi) is 4.12. The molecular formula is C15H13N5OS. The van der Waals surface area contributed by atoms with Crippen LogP contribution in [0.2, 0.25) is 0 Å². The molecule has 0 saturated carbocycles. The Morgan fingerprint density at radius 3 is 2.86 bits per heavy atom. The molecule has 3 aromatic rings. The zero-order valence-corrected chi connectivity index (χ0v) is 12.7. The van der Waals surface area contributed by atoms with Crippen molar-refractivity contribution < 1.29 is 4.74 Å². The van der Waals surface area contributed by atoms with Crippen molar-refractivity contribution in [2.24, 2.45) is 0 Å². The van der Waals surface area contributed by atoms with Gasteiger partial charge in [0, 0.05) is 5.38 Å². The Balaban J connectivity index is 1.59. The first-order valence-corrected chi connectivity index (χ1v) is 7.53. The lowest BCUT2D eigenvalue weighted by molar-refractivity contribution is 0.305. The van der Waals surface area contributed by atoms with E-state index in [-0.39, 0.29) is 5.82 Å². The largest absolute Gasteiger partial charge is 0.486 e. The van der Waals surface area contributed by atoms with Crippen LogP contribution >= 0.6 is 11.3 Å². The average molecular weight is 311 g/mol. The third-order valence-corrected chi connectivity index (χ3v) is 3.81. The Bertz CT molecular complexity index is 800. The summed E-state index contributed by atoms with van der Waals surface area (Å²) in [5.41, 5.74) is 2.08. The van der Waals surface area contributed by atoms with Gasteiger partial charge in [-0.05, 0) is 19.1 Å². The number of benzene rings is 1. The van der Waals surface area contributed by atoms with Gasteiger partial charge < -0.3 is 4.74 Å². The fourth-order valence-electron chi connectivity index (χ4n) is 1.86. The summed E-state index contributed by atoms with van der Waals surface area (Å²) >= 11 is 1.54. The predicted molar refractivity (Wildman–Crippen MR) is 81.5 cm³/mol. The van der Waals surface area contributed by atoms with Crippen LogP contribution in [0.4, 0.5) is 0 Å². The maximum Gasteiger partial charge on any atom is 0.252 e. The van der Waals surface area contributed by atoms with Crippen molar-refractivity contribution in [1.82, 2.24) is 19.7 Å². The maximum absolute atomic E-state index is 8.70. The highest BCUT2D eigenvalue weighted by molar-refractivity contribution is 7.09. The van der Waals surface area contributed by atoms with Gasteiger partial charge >= 0.3 is 0 Å². The van der Waals surface area contributed by atoms with E-state index >= 15 is 0 Å². The van der Waals surface area contributed by atoms with Crippen LogP contribution in [0, 0.1) is 18.3 Å². The van der Waals surface area contributed by atoms with Gasteiger partial charge in [0.05, 0.1) is 12.2 Å². The SMILES string of the molecule is Cc1ccc(OCc2nc(Cn3cnc(C#N)n3)cs2)cc1. The van der Waals surface area contributed by atoms with Crippen molar-refractivity contribution in [1.29, 1.82) is 5.26 Å². The molecule has 2 aromatic heterocycles. The molecule has 2 heterocycles. The molecule has 7 heteroatoms. The van der Waals surface area contributed by atoms with Crippen LogP contribution in [0.5, 0.6) is 5.75 Å². The second-order valence-electron chi connectivity index (χ2n) is 4.71. The average Bonchev–Trinajstić information content (AvgIpc) is 3.16. The molecule has 0 aliphatic rings. The number of nitriles is 1. The number of rotatable bonds is 5. The lowest BCUT2D eigenvalue weighted by Gasteiger charge is -2.03. The van der Waals surface area contributed by atoms with E-state index in [9.17, 15) is 0 Å². The molecule has 0 amide bonds. The van der Waals surface area contributed by atoms with Crippen LogP contribution in [0.15, 0.2) is 36.0 Å². The second kappa shape index (κ2) is 6.37. The number of hydrogen-bond acceptors (Lipinski definition) is 6. The van der Waals surface area contributed by atoms with Crippen molar-refractivity contribution in [2.75, 3.05) is 0 Å². The molecule has 6 nitrogen and oxygen atoms in total. The smallest absolute Gasteiger partial charge is 0.252 e. The fourth-order valence-corrected chi connectivity index (χ4v) is 2.55. The molecule has 110 valence electrons. The van der Waals surface area contributed by atoms with Gasteiger partial charge in [0.25, 0.3) is 5.82 Å². The van der Waals surface area contributed by atoms with Crippen LogP contribution in [-0.2, 0) is 13.2 Å². The van der Waals surface area contributed by atoms with E-state index in [1.807, 2.05) is 42.6 Å². The molecule has 22 heavy (non-hydrogen) atoms. The lowest BCUT2D eigenvalue weighted by Crippen LogP contribution is -2.02. The highest BCUT2D eigenvalue weighted by Crippen LogP contribution is 2.16. The van der Waals surface area contributed by atoms with E-state index in [0.29, 0.717) is 13.2 Å². The van der Waals surface area contributed by atoms with Crippen LogP contribution in [-0.4, -0.2) is 19.7 Å². The van der Waals surface area contributed by atoms with Gasteiger partial charge in [-0.15, -0.1) is 16.4 Å². The Morgan fingerprint density at radius 2 is 2.14 bits per heavy atom. The minimum Gasteiger partial charge on any atom is -0.486 e. The molecule has 0 unspecified atom stereocenters. The summed E-state index contributed by atoms with van der Waals surface area (Å²) in [4.78, 5) is 8.36. The van der Waals surface area contributed by atoms with E-state index in [2.05, 4.69) is 15.1 Å². The van der Waals surface area contributed by atoms with Gasteiger partial charge in [0.15, 0.2) is 0 Å². The standard InChI is InChI=1S/C15H13N5OS/c1-11-2-4-13(5-3-11)21-8-15-18-12(9-22-15)7-20-10-17-14(6-16)19-20/h2-5,9-10H,7-8H2,1H3. The number of ether oxygens (including phenoxy) is 1. The molecule has 0 spiro atoms. The zero-order chi connectivity index (χ0) is 15.4. The summed E-state index contributed by atoms with van der Waals surface area (Å²) in [7, 11) is 0. The van der Waals surface area contributed by atoms with Gasteiger partial charge in [-0.25, -0.2) is 14.6 Å². The van der Waals surface area contributed by atoms with Gasteiger partial charge in [-0.1, -0.05) is 17.7 Å². The Morgan fingerprint density at radius 1 is 1.32 bits per heavy atom. The highest BCUT2D eigenvalue weighted by atomic mass is 32.1. The third kappa shape index (κ3) is 3.48. The molecule has 0 saturated heterocycles. The number of hydrogen-bond donors (Lipinski definition) is 0. The third-order valence-electron chi connectivity index (χ3n) is 2.94. The van der Waals surface area contributed by atoms with Crippen LogP contribution in [0.1, 0.15) is 22.1 Å². The summed E-state index contributed by atoms with van der Waals surface area (Å²) in [5, 5.41) is 15.6. The van der Waals surface area contributed by atoms with E-state index < -0.39 is 0 Å². The quantitative estimate of drug-likeness (QED) is 0.723. The number of nitrogens with zero attached hydrogens (tertiary/aromatic N) is 5. The summed E-state index contributed by atoms with van der Waals surface area (Å²) in [5.74, 6) is 0.996. The normalized spacial score (nSPS) is 10.4. The van der Waals surface area contributed by atoms with E-state index in [1.165, 1.54) is 11.9 Å². The Hall–Kier alpha value is -2.72. The highest BCUT2D eigenvalue weighted by Gasteiger charge is 2.06. The van der Waals surface area contributed by atoms with Gasteiger partial charge in [-0.3, -0.25) is 0 Å². The fraction of sp³-hybridized carbons (Fsp3) is 0.200. The topological polar surface area (TPSA) is 76.6 Å². The second-order valence-corrected chi connectivity index (χ2v) is 5.65. The molecule has 0 N–H and O–H groups in total. The monoisotopic (exact) mass is 311 g/mol. The molecular weight excluding hydrogens is 298 g/mol. The maximum atomic E-state index is 8.70. The van der Waals surface area contributed by atoms with Crippen molar-refractivity contribution in [2.45, 2.75) is 20.1 Å². The molecule has 0 bridgehead atoms. The molecule has 3 rings (SSSR count). The summed E-state index contributed by atoms with van der Waals surface area (Å²) in [6, 6.07) is 9.82. The van der Waals surface area contributed by atoms with E-state index in [0.717, 1.165) is 16.5 Å². The summed E-state index contributed by atoms with van der Waals surface area (Å²) in [6.07, 6.45) is 1.53. The van der Waals surface area contributed by atoms with Crippen molar-refractivity contribution in [3.63, 3.8) is 0 Å². The van der Waals surface area contributed by atoms with Gasteiger partial charge in [0.2, 0.25) is 0 Å². The van der Waals surface area contributed by atoms with Crippen molar-refractivity contribution in [3.8, 4) is 11.8 Å². The molecule has 0 aliphatic carbocycles. The van der Waals surface area contributed by atoms with Crippen LogP contribution < -0.4 is 4.74 Å². The van der Waals surface area contributed by atoms with E-state index in [4.69, 9.17) is 10.00 Å². The predicted octanol–water partition coefficient (Wildman–Crippen LogP) is 2.54. The van der Waals surface area contributed by atoms with Gasteiger partial charge in [-0.2, -0.15) is 5.26 Å². The molecule has 1 aromatic carbocycles. The first kappa shape index (κ1) is 14.2. The molecule has 0 radical (unpaired) electrons. The Labute approximate surface area is 131 Å². The van der Waals surface area contributed by atoms with Crippen molar-refractivity contribution >= 4 is 11.3 Å². The lowest BCUT2D eigenvalue weighted by atomic mass is 10.2. The number of aryl methyl sites for hydroxylation is 1. The first-order chi connectivity index (χ1) is 10.7. The number of thiazole rings is 1. The number of aromatic nitrogens is 4. The molecule has 0 fully saturated rings.